The van der Waals surface area contributed by atoms with Crippen LogP contribution in [0.3, 0.4) is 0 Å². The van der Waals surface area contributed by atoms with Gasteiger partial charge in [0.1, 0.15) is 11.9 Å². The number of hydrogen-bond donors (Lipinski definition) is 1. The SMILES string of the molecule is CCC1CCN(Cc2ccc(Br)cc2F)C(C(=O)O)C1. The van der Waals surface area contributed by atoms with Crippen molar-refractivity contribution >= 4 is 21.9 Å². The van der Waals surface area contributed by atoms with E-state index in [1.807, 2.05) is 4.90 Å². The van der Waals surface area contributed by atoms with E-state index in [1.165, 1.54) is 6.07 Å². The second kappa shape index (κ2) is 6.68. The summed E-state index contributed by atoms with van der Waals surface area (Å²) in [4.78, 5) is 13.3. The number of hydrogen-bond acceptors (Lipinski definition) is 2. The normalized spacial score (nSPS) is 23.8. The molecule has 1 aromatic carbocycles. The van der Waals surface area contributed by atoms with Gasteiger partial charge in [-0.25, -0.2) is 4.39 Å². The fourth-order valence-electron chi connectivity index (χ4n) is 2.77. The summed E-state index contributed by atoms with van der Waals surface area (Å²) in [6, 6.07) is 4.41. The molecule has 0 amide bonds. The molecule has 5 heteroatoms. The molecular weight excluding hydrogens is 325 g/mol. The van der Waals surface area contributed by atoms with Crippen molar-refractivity contribution in [1.82, 2.24) is 4.90 Å². The zero-order chi connectivity index (χ0) is 14.7. The summed E-state index contributed by atoms with van der Waals surface area (Å²) in [6.45, 7) is 3.16. The quantitative estimate of drug-likeness (QED) is 0.906. The van der Waals surface area contributed by atoms with Crippen LogP contribution in [0.2, 0.25) is 0 Å². The zero-order valence-electron chi connectivity index (χ0n) is 11.5. The van der Waals surface area contributed by atoms with Gasteiger partial charge in [-0.1, -0.05) is 35.3 Å². The lowest BCUT2D eigenvalue weighted by Gasteiger charge is -2.37. The van der Waals surface area contributed by atoms with Gasteiger partial charge in [0, 0.05) is 16.6 Å². The van der Waals surface area contributed by atoms with E-state index in [0.29, 0.717) is 35.5 Å². The number of piperidine rings is 1. The van der Waals surface area contributed by atoms with Gasteiger partial charge in [0.25, 0.3) is 0 Å². The van der Waals surface area contributed by atoms with Crippen molar-refractivity contribution in [1.29, 1.82) is 0 Å². The van der Waals surface area contributed by atoms with Gasteiger partial charge in [0.2, 0.25) is 0 Å². The monoisotopic (exact) mass is 343 g/mol. The molecule has 0 aromatic heterocycles. The van der Waals surface area contributed by atoms with Crippen molar-refractivity contribution in [2.24, 2.45) is 5.92 Å². The van der Waals surface area contributed by atoms with E-state index in [9.17, 15) is 14.3 Å². The molecule has 2 rings (SSSR count). The molecule has 0 bridgehead atoms. The Bertz CT molecular complexity index is 495. The van der Waals surface area contributed by atoms with Crippen LogP contribution in [-0.2, 0) is 11.3 Å². The van der Waals surface area contributed by atoms with Gasteiger partial charge in [0.05, 0.1) is 0 Å². The smallest absolute Gasteiger partial charge is 0.320 e. The third-order valence-corrected chi connectivity index (χ3v) is 4.57. The number of likely N-dealkylation sites (tertiary alicyclic amines) is 1. The third-order valence-electron chi connectivity index (χ3n) is 4.07. The summed E-state index contributed by atoms with van der Waals surface area (Å²) in [5.74, 6) is -0.635. The Kier molecular flexibility index (Phi) is 5.16. The number of aliphatic carboxylic acids is 1. The molecule has 110 valence electrons. The van der Waals surface area contributed by atoms with Gasteiger partial charge in [0.15, 0.2) is 0 Å². The summed E-state index contributed by atoms with van der Waals surface area (Å²) < 4.78 is 14.6. The van der Waals surface area contributed by atoms with E-state index < -0.39 is 12.0 Å². The maximum Gasteiger partial charge on any atom is 0.320 e. The molecule has 0 radical (unpaired) electrons. The summed E-state index contributed by atoms with van der Waals surface area (Å²) in [6.07, 6.45) is 2.65. The number of carbonyl (C=O) groups is 1. The van der Waals surface area contributed by atoms with Gasteiger partial charge in [-0.05, 0) is 37.4 Å². The van der Waals surface area contributed by atoms with E-state index in [-0.39, 0.29) is 5.82 Å². The van der Waals surface area contributed by atoms with Gasteiger partial charge in [-0.3, -0.25) is 9.69 Å². The Morgan fingerprint density at radius 3 is 2.90 bits per heavy atom. The van der Waals surface area contributed by atoms with Crippen molar-refractivity contribution in [2.45, 2.75) is 38.8 Å². The molecule has 0 spiro atoms. The lowest BCUT2D eigenvalue weighted by atomic mass is 9.88. The number of carboxylic acid groups (broad SMARTS) is 1. The second-order valence-electron chi connectivity index (χ2n) is 5.36. The molecule has 2 atom stereocenters. The first-order valence-corrected chi connectivity index (χ1v) is 7.71. The molecular formula is C15H19BrFNO2. The van der Waals surface area contributed by atoms with E-state index >= 15 is 0 Å². The van der Waals surface area contributed by atoms with Crippen molar-refractivity contribution in [3.05, 3.63) is 34.1 Å². The number of carboxylic acids is 1. The van der Waals surface area contributed by atoms with E-state index in [1.54, 1.807) is 12.1 Å². The van der Waals surface area contributed by atoms with Gasteiger partial charge in [-0.2, -0.15) is 0 Å². The number of halogens is 2. The molecule has 1 saturated heterocycles. The van der Waals surface area contributed by atoms with Crippen LogP contribution in [0.5, 0.6) is 0 Å². The molecule has 2 unspecified atom stereocenters. The Morgan fingerprint density at radius 2 is 2.30 bits per heavy atom. The molecule has 1 N–H and O–H groups in total. The van der Waals surface area contributed by atoms with Crippen molar-refractivity contribution in [3.63, 3.8) is 0 Å². The van der Waals surface area contributed by atoms with Crippen LogP contribution in [0.25, 0.3) is 0 Å². The maximum absolute atomic E-state index is 13.9. The van der Waals surface area contributed by atoms with E-state index in [4.69, 9.17) is 0 Å². The van der Waals surface area contributed by atoms with Gasteiger partial charge < -0.3 is 5.11 Å². The second-order valence-corrected chi connectivity index (χ2v) is 6.27. The molecule has 1 fully saturated rings. The third kappa shape index (κ3) is 3.58. The Balaban J connectivity index is 2.12. The Labute approximate surface area is 126 Å². The summed E-state index contributed by atoms with van der Waals surface area (Å²) in [7, 11) is 0. The van der Waals surface area contributed by atoms with Crippen molar-refractivity contribution in [3.8, 4) is 0 Å². The minimum Gasteiger partial charge on any atom is -0.480 e. The average molecular weight is 344 g/mol. The average Bonchev–Trinajstić information content (AvgIpc) is 2.42. The van der Waals surface area contributed by atoms with Gasteiger partial charge >= 0.3 is 5.97 Å². The highest BCUT2D eigenvalue weighted by atomic mass is 79.9. The first-order chi connectivity index (χ1) is 9.51. The van der Waals surface area contributed by atoms with Crippen LogP contribution in [0.15, 0.2) is 22.7 Å². The van der Waals surface area contributed by atoms with Crippen LogP contribution in [-0.4, -0.2) is 28.6 Å². The predicted octanol–water partition coefficient (Wildman–Crippen LogP) is 3.66. The molecule has 0 aliphatic carbocycles. The molecule has 3 nitrogen and oxygen atoms in total. The minimum atomic E-state index is -0.805. The zero-order valence-corrected chi connectivity index (χ0v) is 13.1. The standard InChI is InChI=1S/C15H19BrFNO2/c1-2-10-5-6-18(14(7-10)15(19)20)9-11-3-4-12(16)8-13(11)17/h3-4,8,10,14H,2,5-7,9H2,1H3,(H,19,20). The lowest BCUT2D eigenvalue weighted by Crippen LogP contribution is -2.46. The van der Waals surface area contributed by atoms with Crippen LogP contribution in [0.1, 0.15) is 31.7 Å². The number of benzene rings is 1. The van der Waals surface area contributed by atoms with Crippen molar-refractivity contribution in [2.75, 3.05) is 6.54 Å². The summed E-state index contributed by atoms with van der Waals surface area (Å²) in [5, 5.41) is 9.37. The lowest BCUT2D eigenvalue weighted by molar-refractivity contribution is -0.145. The molecule has 1 aromatic rings. The van der Waals surface area contributed by atoms with E-state index in [2.05, 4.69) is 22.9 Å². The Morgan fingerprint density at radius 1 is 1.55 bits per heavy atom. The highest BCUT2D eigenvalue weighted by Crippen LogP contribution is 2.27. The summed E-state index contributed by atoms with van der Waals surface area (Å²) in [5.41, 5.74) is 0.550. The first-order valence-electron chi connectivity index (χ1n) is 6.92. The molecule has 1 heterocycles. The first kappa shape index (κ1) is 15.4. The molecule has 20 heavy (non-hydrogen) atoms. The topological polar surface area (TPSA) is 40.5 Å². The molecule has 1 aliphatic rings. The largest absolute Gasteiger partial charge is 0.480 e. The minimum absolute atomic E-state index is 0.291. The highest BCUT2D eigenvalue weighted by molar-refractivity contribution is 9.10. The molecule has 0 saturated carbocycles. The molecule has 1 aliphatic heterocycles. The van der Waals surface area contributed by atoms with E-state index in [0.717, 1.165) is 12.8 Å². The van der Waals surface area contributed by atoms with Crippen LogP contribution in [0, 0.1) is 11.7 Å². The van der Waals surface area contributed by atoms with Crippen molar-refractivity contribution < 1.29 is 14.3 Å². The summed E-state index contributed by atoms with van der Waals surface area (Å²) >= 11 is 3.23. The predicted molar refractivity (Wildman–Crippen MR) is 78.9 cm³/mol. The van der Waals surface area contributed by atoms with Crippen LogP contribution in [0.4, 0.5) is 4.39 Å². The number of rotatable bonds is 4. The van der Waals surface area contributed by atoms with Gasteiger partial charge in [-0.15, -0.1) is 0 Å². The maximum atomic E-state index is 13.9. The van der Waals surface area contributed by atoms with Crippen LogP contribution >= 0.6 is 15.9 Å². The van der Waals surface area contributed by atoms with Crippen LogP contribution < -0.4 is 0 Å². The highest BCUT2D eigenvalue weighted by Gasteiger charge is 2.32. The fraction of sp³-hybridized carbons (Fsp3) is 0.533. The number of nitrogens with zero attached hydrogens (tertiary/aromatic N) is 1. The Hall–Kier alpha value is -0.940. The fourth-order valence-corrected chi connectivity index (χ4v) is 3.11.